The van der Waals surface area contributed by atoms with Gasteiger partial charge in [-0.05, 0) is 44.0 Å². The third kappa shape index (κ3) is 4.39. The van der Waals surface area contributed by atoms with Crippen LogP contribution in [0.25, 0.3) is 0 Å². The molecule has 32 heavy (non-hydrogen) atoms. The van der Waals surface area contributed by atoms with Crippen molar-refractivity contribution in [1.29, 1.82) is 0 Å². The van der Waals surface area contributed by atoms with Crippen molar-refractivity contribution < 1.29 is 18.7 Å². The number of hydrogen-bond donors (Lipinski definition) is 2. The number of aryl methyl sites for hydroxylation is 1. The Morgan fingerprint density at radius 2 is 1.94 bits per heavy atom. The number of rotatable bonds is 6. The van der Waals surface area contributed by atoms with E-state index >= 15 is 0 Å². The van der Waals surface area contributed by atoms with Gasteiger partial charge in [0.2, 0.25) is 0 Å². The Balaban J connectivity index is 1.52. The summed E-state index contributed by atoms with van der Waals surface area (Å²) in [4.78, 5) is 29.5. The molecule has 2 N–H and O–H groups in total. The minimum atomic E-state index is -0.364. The van der Waals surface area contributed by atoms with Crippen molar-refractivity contribution in [3.8, 4) is 5.75 Å². The van der Waals surface area contributed by atoms with Gasteiger partial charge >= 0.3 is 0 Å². The van der Waals surface area contributed by atoms with Crippen LogP contribution in [0.3, 0.4) is 0 Å². The summed E-state index contributed by atoms with van der Waals surface area (Å²) in [7, 11) is 1.51. The van der Waals surface area contributed by atoms with E-state index in [1.54, 1.807) is 30.5 Å². The molecule has 3 aromatic rings. The van der Waals surface area contributed by atoms with Gasteiger partial charge in [-0.25, -0.2) is 5.43 Å². The molecule has 4 rings (SSSR count). The number of carbonyl (C=O) groups excluding carboxylic acids is 2. The maximum Gasteiger partial charge on any atom is 0.287 e. The number of fused-ring (bicyclic) bond motifs is 1. The first-order chi connectivity index (χ1) is 15.6. The molecular formula is C24H24N4O4. The van der Waals surface area contributed by atoms with Gasteiger partial charge in [-0.15, -0.1) is 0 Å². The number of para-hydroxylation sites is 1. The van der Waals surface area contributed by atoms with E-state index in [4.69, 9.17) is 9.15 Å². The first kappa shape index (κ1) is 21.3. The molecule has 1 aromatic carbocycles. The zero-order valence-corrected chi connectivity index (χ0v) is 18.0. The van der Waals surface area contributed by atoms with E-state index in [1.807, 2.05) is 25.1 Å². The number of furan rings is 1. The van der Waals surface area contributed by atoms with Crippen molar-refractivity contribution in [1.82, 2.24) is 15.7 Å². The Morgan fingerprint density at radius 3 is 2.72 bits per heavy atom. The van der Waals surface area contributed by atoms with Crippen LogP contribution in [0.15, 0.2) is 58.2 Å². The van der Waals surface area contributed by atoms with Crippen LogP contribution in [-0.2, 0) is 13.0 Å². The molecule has 164 valence electrons. The van der Waals surface area contributed by atoms with Crippen molar-refractivity contribution in [3.63, 3.8) is 0 Å². The highest BCUT2D eigenvalue weighted by Gasteiger charge is 2.28. The number of ether oxygens (including phenoxy) is 1. The van der Waals surface area contributed by atoms with Gasteiger partial charge in [0.05, 0.1) is 30.6 Å². The molecule has 0 unspecified atom stereocenters. The highest BCUT2D eigenvalue weighted by atomic mass is 16.5. The van der Waals surface area contributed by atoms with Crippen LogP contribution in [0, 0.1) is 6.92 Å². The molecule has 2 amide bonds. The minimum absolute atomic E-state index is 0.261. The number of hydrazone groups is 1. The van der Waals surface area contributed by atoms with Crippen LogP contribution in [0.4, 0.5) is 0 Å². The minimum Gasteiger partial charge on any atom is -0.496 e. The summed E-state index contributed by atoms with van der Waals surface area (Å²) in [6.45, 7) is 2.14. The highest BCUT2D eigenvalue weighted by Crippen LogP contribution is 2.30. The van der Waals surface area contributed by atoms with Crippen molar-refractivity contribution in [2.45, 2.75) is 32.7 Å². The topological polar surface area (TPSA) is 106 Å². The Morgan fingerprint density at radius 1 is 1.12 bits per heavy atom. The Bertz CT molecular complexity index is 1170. The van der Waals surface area contributed by atoms with Crippen LogP contribution < -0.4 is 15.5 Å². The van der Waals surface area contributed by atoms with Gasteiger partial charge in [0.15, 0.2) is 5.76 Å². The lowest BCUT2D eigenvalue weighted by molar-refractivity contribution is 0.0918. The average molecular weight is 432 g/mol. The van der Waals surface area contributed by atoms with Gasteiger partial charge in [-0.3, -0.25) is 14.6 Å². The van der Waals surface area contributed by atoms with Crippen LogP contribution in [0.2, 0.25) is 0 Å². The van der Waals surface area contributed by atoms with E-state index in [1.165, 1.54) is 7.11 Å². The number of benzene rings is 1. The lowest BCUT2D eigenvalue weighted by atomic mass is 9.93. The molecule has 8 nitrogen and oxygen atoms in total. The van der Waals surface area contributed by atoms with Crippen LogP contribution in [0.1, 0.15) is 56.3 Å². The summed E-state index contributed by atoms with van der Waals surface area (Å²) in [6, 6.07) is 12.5. The maximum absolute atomic E-state index is 12.7. The van der Waals surface area contributed by atoms with Gasteiger partial charge in [0, 0.05) is 23.7 Å². The van der Waals surface area contributed by atoms with Crippen LogP contribution in [-0.4, -0.2) is 29.6 Å². The smallest absolute Gasteiger partial charge is 0.287 e. The van der Waals surface area contributed by atoms with E-state index < -0.39 is 0 Å². The second kappa shape index (κ2) is 9.47. The normalized spacial score (nSPS) is 14.0. The molecule has 8 heteroatoms. The standard InChI is InChI=1S/C24H24N4O4/c1-15-21-18(27-28-23(29)17-9-3-4-11-19(17)31-2)10-7-12-20(21)32-22(15)24(30)26-14-16-8-5-6-13-25-16/h3-6,8-9,11,13H,7,10,12,14H2,1-2H3,(H,26,30)(H,28,29)/b27-18+. The van der Waals surface area contributed by atoms with E-state index in [0.717, 1.165) is 17.7 Å². The molecule has 2 heterocycles. The Hall–Kier alpha value is -3.94. The zero-order valence-electron chi connectivity index (χ0n) is 18.0. The van der Waals surface area contributed by atoms with E-state index in [2.05, 4.69) is 20.8 Å². The molecule has 0 radical (unpaired) electrons. The number of pyridine rings is 1. The summed E-state index contributed by atoms with van der Waals surface area (Å²) in [6.07, 6.45) is 3.89. The third-order valence-corrected chi connectivity index (χ3v) is 5.33. The summed E-state index contributed by atoms with van der Waals surface area (Å²) >= 11 is 0. The molecule has 0 spiro atoms. The second-order valence-electron chi connectivity index (χ2n) is 7.41. The molecule has 0 atom stereocenters. The first-order valence-corrected chi connectivity index (χ1v) is 10.4. The predicted octanol–water partition coefficient (Wildman–Crippen LogP) is 3.39. The summed E-state index contributed by atoms with van der Waals surface area (Å²) in [5, 5.41) is 7.21. The fourth-order valence-corrected chi connectivity index (χ4v) is 3.76. The van der Waals surface area contributed by atoms with Crippen molar-refractivity contribution in [2.24, 2.45) is 5.10 Å². The zero-order chi connectivity index (χ0) is 22.5. The lowest BCUT2D eigenvalue weighted by Gasteiger charge is -2.14. The molecule has 1 aliphatic rings. The number of nitrogens with zero attached hydrogens (tertiary/aromatic N) is 2. The van der Waals surface area contributed by atoms with Crippen molar-refractivity contribution in [3.05, 3.63) is 82.6 Å². The van der Waals surface area contributed by atoms with Gasteiger partial charge in [0.25, 0.3) is 11.8 Å². The SMILES string of the molecule is COc1ccccc1C(=O)N/N=C1\CCCc2oc(C(=O)NCc3ccccn3)c(C)c21. The number of nitrogens with one attached hydrogen (secondary N) is 2. The predicted molar refractivity (Wildman–Crippen MR) is 119 cm³/mol. The maximum atomic E-state index is 12.7. The fourth-order valence-electron chi connectivity index (χ4n) is 3.76. The number of methoxy groups -OCH3 is 1. The molecule has 0 fully saturated rings. The Kier molecular flexibility index (Phi) is 6.30. The summed E-state index contributed by atoms with van der Waals surface area (Å²) < 4.78 is 11.1. The van der Waals surface area contributed by atoms with Gasteiger partial charge in [-0.2, -0.15) is 5.10 Å². The fraction of sp³-hybridized carbons (Fsp3) is 0.250. The first-order valence-electron chi connectivity index (χ1n) is 10.4. The van der Waals surface area contributed by atoms with E-state index in [-0.39, 0.29) is 17.6 Å². The van der Waals surface area contributed by atoms with Crippen LogP contribution >= 0.6 is 0 Å². The van der Waals surface area contributed by atoms with Gasteiger partial charge in [-0.1, -0.05) is 18.2 Å². The quantitative estimate of drug-likeness (QED) is 0.581. The number of aromatic nitrogens is 1. The van der Waals surface area contributed by atoms with Gasteiger partial charge in [0.1, 0.15) is 11.5 Å². The molecule has 0 saturated heterocycles. The van der Waals surface area contributed by atoms with Crippen molar-refractivity contribution in [2.75, 3.05) is 7.11 Å². The second-order valence-corrected chi connectivity index (χ2v) is 7.41. The number of hydrogen-bond acceptors (Lipinski definition) is 6. The Labute approximate surface area is 185 Å². The number of amides is 2. The summed E-state index contributed by atoms with van der Waals surface area (Å²) in [5.41, 5.74) is 5.97. The average Bonchev–Trinajstić information content (AvgIpc) is 3.18. The molecule has 2 aromatic heterocycles. The monoisotopic (exact) mass is 432 g/mol. The van der Waals surface area contributed by atoms with Crippen molar-refractivity contribution >= 4 is 17.5 Å². The van der Waals surface area contributed by atoms with Crippen LogP contribution in [0.5, 0.6) is 5.75 Å². The highest BCUT2D eigenvalue weighted by molar-refractivity contribution is 6.07. The van der Waals surface area contributed by atoms with E-state index in [0.29, 0.717) is 47.7 Å². The van der Waals surface area contributed by atoms with Gasteiger partial charge < -0.3 is 14.5 Å². The molecule has 0 aliphatic heterocycles. The largest absolute Gasteiger partial charge is 0.496 e. The molecule has 0 bridgehead atoms. The molecular weight excluding hydrogens is 408 g/mol. The lowest BCUT2D eigenvalue weighted by Crippen LogP contribution is -2.24. The number of carbonyl (C=O) groups is 2. The summed E-state index contributed by atoms with van der Waals surface area (Å²) in [5.74, 6) is 0.774. The molecule has 0 saturated carbocycles. The molecule has 1 aliphatic carbocycles. The van der Waals surface area contributed by atoms with E-state index in [9.17, 15) is 9.59 Å². The third-order valence-electron chi connectivity index (χ3n) is 5.33.